The number of carbonyl (C=O) groups excluding carboxylic acids is 2. The highest BCUT2D eigenvalue weighted by Gasteiger charge is 2.17. The van der Waals surface area contributed by atoms with Crippen LogP contribution in [0.25, 0.3) is 0 Å². The maximum absolute atomic E-state index is 12.1. The molecule has 0 aromatic heterocycles. The van der Waals surface area contributed by atoms with E-state index in [-0.39, 0.29) is 18.4 Å². The zero-order valence-corrected chi connectivity index (χ0v) is 18.1. The average molecular weight is 443 g/mol. The quantitative estimate of drug-likeness (QED) is 0.351. The zero-order valence-electron chi connectivity index (χ0n) is 18.1. The molecular formula is C23H30N4O5. The van der Waals surface area contributed by atoms with Crippen LogP contribution in [0.3, 0.4) is 0 Å². The number of fused-ring (bicyclic) bond motifs is 1. The second-order valence-electron chi connectivity index (χ2n) is 7.43. The molecule has 1 heterocycles. The molecule has 0 bridgehead atoms. The molecule has 3 rings (SSSR count). The topological polar surface area (TPSA) is 121 Å². The number of hydrogen-bond donors (Lipinski definition) is 5. The number of ether oxygens (including phenoxy) is 2. The number of anilines is 1. The van der Waals surface area contributed by atoms with Crippen molar-refractivity contribution in [3.05, 3.63) is 53.6 Å². The lowest BCUT2D eigenvalue weighted by molar-refractivity contribution is -0.120. The zero-order chi connectivity index (χ0) is 22.8. The monoisotopic (exact) mass is 442 g/mol. The highest BCUT2D eigenvalue weighted by molar-refractivity contribution is 5.89. The molecule has 9 nitrogen and oxygen atoms in total. The van der Waals surface area contributed by atoms with Crippen LogP contribution in [0.4, 0.5) is 10.5 Å². The summed E-state index contributed by atoms with van der Waals surface area (Å²) in [5.74, 6) is 1.34. The van der Waals surface area contributed by atoms with Gasteiger partial charge in [0.15, 0.2) is 11.5 Å². The highest BCUT2D eigenvalue weighted by atomic mass is 16.6. The Balaban J connectivity index is 1.31. The van der Waals surface area contributed by atoms with Gasteiger partial charge in [-0.25, -0.2) is 4.79 Å². The second-order valence-corrected chi connectivity index (χ2v) is 7.43. The first-order valence-electron chi connectivity index (χ1n) is 10.7. The molecule has 0 fully saturated rings. The van der Waals surface area contributed by atoms with E-state index in [1.165, 1.54) is 0 Å². The van der Waals surface area contributed by atoms with Gasteiger partial charge < -0.3 is 35.8 Å². The minimum atomic E-state index is -0.579. The molecule has 2 aromatic rings. The van der Waals surface area contributed by atoms with Gasteiger partial charge in [-0.15, -0.1) is 0 Å². The predicted octanol–water partition coefficient (Wildman–Crippen LogP) is 1.06. The van der Waals surface area contributed by atoms with Gasteiger partial charge in [0.1, 0.15) is 13.2 Å². The normalized spacial score (nSPS) is 13.2. The van der Waals surface area contributed by atoms with Gasteiger partial charge in [0.05, 0.1) is 12.5 Å². The van der Waals surface area contributed by atoms with Crippen molar-refractivity contribution in [1.29, 1.82) is 0 Å². The van der Waals surface area contributed by atoms with Crippen LogP contribution in [-0.4, -0.2) is 63.0 Å². The number of para-hydroxylation sites is 1. The third-order valence-electron chi connectivity index (χ3n) is 4.91. The summed E-state index contributed by atoms with van der Waals surface area (Å²) in [4.78, 5) is 23.4. The summed E-state index contributed by atoms with van der Waals surface area (Å²) in [7, 11) is 1.55. The molecule has 3 amide bonds. The number of carbonyl (C=O) groups is 2. The number of aliphatic hydroxyl groups excluding tert-OH is 1. The highest BCUT2D eigenvalue weighted by Crippen LogP contribution is 2.34. The molecule has 32 heavy (non-hydrogen) atoms. The lowest BCUT2D eigenvalue weighted by atomic mass is 10.1. The van der Waals surface area contributed by atoms with Gasteiger partial charge in [-0.3, -0.25) is 4.79 Å². The average Bonchev–Trinajstić information content (AvgIpc) is 2.80. The fourth-order valence-electron chi connectivity index (χ4n) is 3.33. The van der Waals surface area contributed by atoms with Crippen LogP contribution in [-0.2, 0) is 17.6 Å². The van der Waals surface area contributed by atoms with E-state index in [4.69, 9.17) is 9.47 Å². The molecule has 0 saturated carbocycles. The van der Waals surface area contributed by atoms with Crippen LogP contribution >= 0.6 is 0 Å². The molecule has 0 saturated heterocycles. The number of nitrogens with one attached hydrogen (secondary N) is 4. The molecule has 0 radical (unpaired) electrons. The molecule has 9 heteroatoms. The van der Waals surface area contributed by atoms with Crippen LogP contribution in [0.5, 0.6) is 11.5 Å². The van der Waals surface area contributed by atoms with E-state index in [9.17, 15) is 14.7 Å². The van der Waals surface area contributed by atoms with Gasteiger partial charge in [-0.2, -0.15) is 0 Å². The first kappa shape index (κ1) is 23.4. The number of rotatable bonds is 10. The molecule has 172 valence electrons. The van der Waals surface area contributed by atoms with Gasteiger partial charge in [0.25, 0.3) is 0 Å². The molecule has 0 aliphatic carbocycles. The van der Waals surface area contributed by atoms with Crippen molar-refractivity contribution in [2.24, 2.45) is 0 Å². The first-order valence-corrected chi connectivity index (χ1v) is 10.7. The number of benzene rings is 2. The second kappa shape index (κ2) is 11.9. The van der Waals surface area contributed by atoms with E-state index in [0.717, 1.165) is 11.1 Å². The minimum absolute atomic E-state index is 0.0904. The Kier molecular flexibility index (Phi) is 8.70. The Bertz CT molecular complexity index is 904. The van der Waals surface area contributed by atoms with Crippen molar-refractivity contribution in [3.8, 4) is 11.5 Å². The van der Waals surface area contributed by atoms with Crippen molar-refractivity contribution >= 4 is 17.6 Å². The summed E-state index contributed by atoms with van der Waals surface area (Å²) < 4.78 is 11.2. The van der Waals surface area contributed by atoms with Crippen LogP contribution in [0, 0.1) is 0 Å². The number of amides is 3. The fraction of sp³-hybridized carbons (Fsp3) is 0.391. The molecule has 2 aromatic carbocycles. The van der Waals surface area contributed by atoms with Gasteiger partial charge >= 0.3 is 6.03 Å². The van der Waals surface area contributed by atoms with Crippen molar-refractivity contribution < 1.29 is 24.2 Å². The van der Waals surface area contributed by atoms with Gasteiger partial charge in [0.2, 0.25) is 5.91 Å². The van der Waals surface area contributed by atoms with Crippen LogP contribution in [0.1, 0.15) is 11.1 Å². The van der Waals surface area contributed by atoms with E-state index in [1.54, 1.807) is 31.3 Å². The fourth-order valence-corrected chi connectivity index (χ4v) is 3.33. The maximum atomic E-state index is 12.1. The predicted molar refractivity (Wildman–Crippen MR) is 121 cm³/mol. The Morgan fingerprint density at radius 2 is 1.84 bits per heavy atom. The number of aliphatic hydroxyl groups is 1. The SMILES string of the molecule is CNC(=O)Nc1ccc(CC(=O)NCCNCC(O)Cc2cccc3c2OCCO3)cc1. The molecular weight excluding hydrogens is 412 g/mol. The molecule has 0 spiro atoms. The maximum Gasteiger partial charge on any atom is 0.318 e. The third kappa shape index (κ3) is 7.14. The van der Waals surface area contributed by atoms with Crippen molar-refractivity contribution in [2.75, 3.05) is 45.2 Å². The summed E-state index contributed by atoms with van der Waals surface area (Å²) in [6.07, 6.45) is 0.130. The van der Waals surface area contributed by atoms with Crippen LogP contribution in [0.2, 0.25) is 0 Å². The smallest absolute Gasteiger partial charge is 0.318 e. The largest absolute Gasteiger partial charge is 0.486 e. The summed E-state index contributed by atoms with van der Waals surface area (Å²) in [6.45, 7) is 2.45. The van der Waals surface area contributed by atoms with Gasteiger partial charge in [0, 0.05) is 44.4 Å². The van der Waals surface area contributed by atoms with E-state index in [0.29, 0.717) is 56.5 Å². The van der Waals surface area contributed by atoms with Gasteiger partial charge in [-0.1, -0.05) is 24.3 Å². The lowest BCUT2D eigenvalue weighted by Crippen LogP contribution is -2.36. The Hall–Kier alpha value is -3.30. The van der Waals surface area contributed by atoms with Crippen LogP contribution < -0.4 is 30.7 Å². The summed E-state index contributed by atoms with van der Waals surface area (Å²) in [6, 6.07) is 12.5. The Labute approximate surface area is 187 Å². The molecule has 1 aliphatic rings. The minimum Gasteiger partial charge on any atom is -0.486 e. The summed E-state index contributed by atoms with van der Waals surface area (Å²) in [5.41, 5.74) is 2.43. The Morgan fingerprint density at radius 1 is 1.06 bits per heavy atom. The standard InChI is InChI=1S/C23H30N4O5/c1-24-23(30)27-18-7-5-16(6-8-18)13-21(29)26-10-9-25-15-19(28)14-17-3-2-4-20-22(17)32-12-11-31-20/h2-8,19,25,28H,9-15H2,1H3,(H,26,29)(H2,24,27,30). The van der Waals surface area contributed by atoms with Crippen molar-refractivity contribution in [3.63, 3.8) is 0 Å². The van der Waals surface area contributed by atoms with E-state index >= 15 is 0 Å². The summed E-state index contributed by atoms with van der Waals surface area (Å²) >= 11 is 0. The third-order valence-corrected chi connectivity index (χ3v) is 4.91. The molecule has 5 N–H and O–H groups in total. The summed E-state index contributed by atoms with van der Waals surface area (Å²) in [5, 5.41) is 21.5. The van der Waals surface area contributed by atoms with Crippen LogP contribution in [0.15, 0.2) is 42.5 Å². The van der Waals surface area contributed by atoms with Crippen molar-refractivity contribution in [1.82, 2.24) is 16.0 Å². The van der Waals surface area contributed by atoms with E-state index in [2.05, 4.69) is 21.3 Å². The first-order chi connectivity index (χ1) is 15.5. The molecule has 1 unspecified atom stereocenters. The Morgan fingerprint density at radius 3 is 2.62 bits per heavy atom. The molecule has 1 atom stereocenters. The van der Waals surface area contributed by atoms with E-state index < -0.39 is 6.10 Å². The lowest BCUT2D eigenvalue weighted by Gasteiger charge is -2.22. The van der Waals surface area contributed by atoms with E-state index in [1.807, 2.05) is 18.2 Å². The van der Waals surface area contributed by atoms with Crippen molar-refractivity contribution in [2.45, 2.75) is 18.9 Å². The van der Waals surface area contributed by atoms with Gasteiger partial charge in [-0.05, 0) is 23.8 Å². The number of hydrogen-bond acceptors (Lipinski definition) is 6. The number of urea groups is 1. The molecule has 1 aliphatic heterocycles.